The normalized spacial score (nSPS) is 12.5. The molecular formula is C24H29ClN4O2S2. The minimum Gasteiger partial charge on any atom is -0.304 e. The van der Waals surface area contributed by atoms with Gasteiger partial charge >= 0.3 is 0 Å². The van der Waals surface area contributed by atoms with Gasteiger partial charge in [-0.2, -0.15) is 4.31 Å². The first-order valence-corrected chi connectivity index (χ1v) is 13.9. The van der Waals surface area contributed by atoms with E-state index in [0.717, 1.165) is 48.8 Å². The average Bonchev–Trinajstić information content (AvgIpc) is 3.38. The summed E-state index contributed by atoms with van der Waals surface area (Å²) in [6, 6.07) is 14.2. The van der Waals surface area contributed by atoms with Gasteiger partial charge in [0.05, 0.1) is 0 Å². The number of hydrogen-bond donors (Lipinski definition) is 0. The Balaban J connectivity index is 1.62. The number of benzene rings is 2. The molecule has 9 heteroatoms. The van der Waals surface area contributed by atoms with Crippen LogP contribution < -0.4 is 0 Å². The molecule has 0 N–H and O–H groups in total. The SMILES string of the molecule is CCN(CC)CCCCN(Cc1ccc2ccccc2c1)S(=O)(=O)c1c(Cl)nc2sccn12. The zero-order valence-corrected chi connectivity index (χ0v) is 21.3. The Bertz CT molecular complexity index is 1330. The minimum absolute atomic E-state index is 0.0218. The van der Waals surface area contributed by atoms with Gasteiger partial charge in [0.2, 0.25) is 0 Å². The van der Waals surface area contributed by atoms with Gasteiger partial charge in [-0.15, -0.1) is 11.3 Å². The molecule has 2 aromatic carbocycles. The second kappa shape index (κ2) is 10.5. The maximum atomic E-state index is 13.8. The summed E-state index contributed by atoms with van der Waals surface area (Å²) < 4.78 is 30.7. The number of halogens is 1. The quantitative estimate of drug-likeness (QED) is 0.252. The number of hydrogen-bond acceptors (Lipinski definition) is 5. The molecule has 0 amide bonds. The average molecular weight is 505 g/mol. The molecular weight excluding hydrogens is 476 g/mol. The number of imidazole rings is 1. The Morgan fingerprint density at radius 1 is 1.03 bits per heavy atom. The molecule has 0 bridgehead atoms. The summed E-state index contributed by atoms with van der Waals surface area (Å²) in [4.78, 5) is 7.17. The third-order valence-electron chi connectivity index (χ3n) is 5.96. The van der Waals surface area contributed by atoms with Crippen LogP contribution in [0.4, 0.5) is 0 Å². The van der Waals surface area contributed by atoms with Crippen LogP contribution >= 0.6 is 22.9 Å². The molecule has 4 rings (SSSR count). The van der Waals surface area contributed by atoms with E-state index in [-0.39, 0.29) is 16.7 Å². The van der Waals surface area contributed by atoms with Crippen LogP contribution in [0.1, 0.15) is 32.3 Å². The molecule has 0 atom stereocenters. The fourth-order valence-corrected chi connectivity index (χ4v) is 6.95. The largest absolute Gasteiger partial charge is 0.304 e. The summed E-state index contributed by atoms with van der Waals surface area (Å²) in [6.07, 6.45) is 3.41. The number of rotatable bonds is 11. The second-order valence-electron chi connectivity index (χ2n) is 8.02. The minimum atomic E-state index is -3.85. The summed E-state index contributed by atoms with van der Waals surface area (Å²) >= 11 is 7.69. The summed E-state index contributed by atoms with van der Waals surface area (Å²) in [5, 5.41) is 4.11. The van der Waals surface area contributed by atoms with Crippen LogP contribution in [0.25, 0.3) is 15.7 Å². The first kappa shape index (κ1) is 24.2. The van der Waals surface area contributed by atoms with Crippen LogP contribution in [0.3, 0.4) is 0 Å². The third-order valence-corrected chi connectivity index (χ3v) is 8.96. The van der Waals surface area contributed by atoms with E-state index >= 15 is 0 Å². The number of nitrogens with zero attached hydrogens (tertiary/aromatic N) is 4. The van der Waals surface area contributed by atoms with Gasteiger partial charge in [0.15, 0.2) is 15.1 Å². The van der Waals surface area contributed by atoms with Crippen molar-refractivity contribution in [3.8, 4) is 0 Å². The molecule has 0 radical (unpaired) electrons. The summed E-state index contributed by atoms with van der Waals surface area (Å²) in [7, 11) is -3.85. The molecule has 0 saturated heterocycles. The van der Waals surface area contributed by atoms with E-state index in [9.17, 15) is 8.42 Å². The van der Waals surface area contributed by atoms with Gasteiger partial charge in [-0.1, -0.05) is 61.8 Å². The molecule has 0 aliphatic heterocycles. The molecule has 0 spiro atoms. The van der Waals surface area contributed by atoms with E-state index in [1.807, 2.05) is 35.7 Å². The first-order valence-electron chi connectivity index (χ1n) is 11.2. The molecule has 33 heavy (non-hydrogen) atoms. The predicted octanol–water partition coefficient (Wildman–Crippen LogP) is 5.52. The van der Waals surface area contributed by atoms with Crippen LogP contribution in [-0.2, 0) is 16.6 Å². The number of unbranched alkanes of at least 4 members (excludes halogenated alkanes) is 1. The Labute approximate surface area is 204 Å². The number of aromatic nitrogens is 2. The van der Waals surface area contributed by atoms with Crippen molar-refractivity contribution in [2.24, 2.45) is 0 Å². The smallest absolute Gasteiger partial charge is 0.262 e. The Kier molecular flexibility index (Phi) is 7.71. The van der Waals surface area contributed by atoms with Crippen LogP contribution in [-0.4, -0.2) is 53.2 Å². The first-order chi connectivity index (χ1) is 15.9. The van der Waals surface area contributed by atoms with Gasteiger partial charge in [-0.3, -0.25) is 4.40 Å². The van der Waals surface area contributed by atoms with Gasteiger partial charge in [-0.25, -0.2) is 13.4 Å². The van der Waals surface area contributed by atoms with Crippen molar-refractivity contribution < 1.29 is 8.42 Å². The number of fused-ring (bicyclic) bond motifs is 2. The monoisotopic (exact) mass is 504 g/mol. The van der Waals surface area contributed by atoms with E-state index in [4.69, 9.17) is 11.6 Å². The van der Waals surface area contributed by atoms with Crippen molar-refractivity contribution in [1.29, 1.82) is 0 Å². The molecule has 6 nitrogen and oxygen atoms in total. The highest BCUT2D eigenvalue weighted by Gasteiger charge is 2.31. The molecule has 0 saturated carbocycles. The van der Waals surface area contributed by atoms with E-state index in [1.165, 1.54) is 11.3 Å². The highest BCUT2D eigenvalue weighted by atomic mass is 35.5. The Morgan fingerprint density at radius 2 is 1.76 bits per heavy atom. The Morgan fingerprint density at radius 3 is 2.52 bits per heavy atom. The molecule has 2 aromatic heterocycles. The van der Waals surface area contributed by atoms with Gasteiger partial charge in [0, 0.05) is 24.7 Å². The van der Waals surface area contributed by atoms with Crippen LogP contribution in [0.15, 0.2) is 59.1 Å². The van der Waals surface area contributed by atoms with Gasteiger partial charge in [-0.05, 0) is 54.9 Å². The summed E-state index contributed by atoms with van der Waals surface area (Å²) in [5.74, 6) is 0. The zero-order chi connectivity index (χ0) is 23.4. The lowest BCUT2D eigenvalue weighted by molar-refractivity contribution is 0.289. The molecule has 0 fully saturated rings. The molecule has 4 aromatic rings. The summed E-state index contributed by atoms with van der Waals surface area (Å²) in [6.45, 7) is 7.95. The van der Waals surface area contributed by atoms with Crippen molar-refractivity contribution >= 4 is 48.7 Å². The lowest BCUT2D eigenvalue weighted by atomic mass is 10.1. The lowest BCUT2D eigenvalue weighted by Crippen LogP contribution is -2.33. The van der Waals surface area contributed by atoms with Gasteiger partial charge < -0.3 is 4.90 Å². The molecule has 0 unspecified atom stereocenters. The number of sulfonamides is 1. The maximum Gasteiger partial charge on any atom is 0.262 e. The highest BCUT2D eigenvalue weighted by molar-refractivity contribution is 7.89. The zero-order valence-electron chi connectivity index (χ0n) is 18.9. The van der Waals surface area contributed by atoms with E-state index in [0.29, 0.717) is 11.5 Å². The molecule has 0 aliphatic carbocycles. The van der Waals surface area contributed by atoms with Crippen molar-refractivity contribution in [1.82, 2.24) is 18.6 Å². The second-order valence-corrected chi connectivity index (χ2v) is 11.1. The topological polar surface area (TPSA) is 57.9 Å². The predicted molar refractivity (Wildman–Crippen MR) is 137 cm³/mol. The fourth-order valence-electron chi connectivity index (χ4n) is 4.08. The summed E-state index contributed by atoms with van der Waals surface area (Å²) in [5.41, 5.74) is 0.947. The van der Waals surface area contributed by atoms with Crippen molar-refractivity contribution in [2.75, 3.05) is 26.2 Å². The van der Waals surface area contributed by atoms with Crippen LogP contribution in [0.5, 0.6) is 0 Å². The van der Waals surface area contributed by atoms with Gasteiger partial charge in [0.1, 0.15) is 0 Å². The van der Waals surface area contributed by atoms with Crippen molar-refractivity contribution in [3.63, 3.8) is 0 Å². The molecule has 176 valence electrons. The lowest BCUT2D eigenvalue weighted by Gasteiger charge is -2.23. The Hall–Kier alpha value is -1.97. The third kappa shape index (κ3) is 5.25. The fraction of sp³-hybridized carbons (Fsp3) is 0.375. The van der Waals surface area contributed by atoms with Crippen LogP contribution in [0, 0.1) is 0 Å². The van der Waals surface area contributed by atoms with Crippen molar-refractivity contribution in [2.45, 2.75) is 38.3 Å². The van der Waals surface area contributed by atoms with Crippen LogP contribution in [0.2, 0.25) is 5.15 Å². The standard InChI is InChI=1S/C24H29ClN4O2S2/c1-3-27(4-2)13-7-8-14-28(18-19-11-12-20-9-5-6-10-21(20)17-19)33(30,31)23-22(25)26-24-29(23)15-16-32-24/h5-6,9-12,15-17H,3-4,7-8,13-14,18H2,1-2H3. The van der Waals surface area contributed by atoms with Gasteiger partial charge in [0.25, 0.3) is 10.0 Å². The highest BCUT2D eigenvalue weighted by Crippen LogP contribution is 2.29. The maximum absolute atomic E-state index is 13.8. The van der Waals surface area contributed by atoms with E-state index in [2.05, 4.69) is 35.9 Å². The molecule has 0 aliphatic rings. The van der Waals surface area contributed by atoms with E-state index < -0.39 is 10.0 Å². The molecule has 2 heterocycles. The van der Waals surface area contributed by atoms with E-state index in [1.54, 1.807) is 14.9 Å². The number of thiazole rings is 1. The van der Waals surface area contributed by atoms with Crippen molar-refractivity contribution in [3.05, 3.63) is 64.8 Å².